The van der Waals surface area contributed by atoms with E-state index in [2.05, 4.69) is 21.2 Å². The molecule has 0 saturated carbocycles. The van der Waals surface area contributed by atoms with Crippen molar-refractivity contribution in [2.24, 2.45) is 5.92 Å². The van der Waals surface area contributed by atoms with Gasteiger partial charge >= 0.3 is 0 Å². The maximum atomic E-state index is 11.6. The summed E-state index contributed by atoms with van der Waals surface area (Å²) in [6.07, 6.45) is 2.29. The molecule has 5 heteroatoms. The molecule has 1 rings (SSSR count). The van der Waals surface area contributed by atoms with Gasteiger partial charge in [0.15, 0.2) is 0 Å². The van der Waals surface area contributed by atoms with E-state index in [1.807, 2.05) is 18.7 Å². The number of hydrogen-bond acceptors (Lipinski definition) is 2. The number of carbonyl (C=O) groups excluding carboxylic acids is 2. The lowest BCUT2D eigenvalue weighted by Crippen LogP contribution is -2.47. The van der Waals surface area contributed by atoms with Gasteiger partial charge in [-0.1, -0.05) is 29.8 Å². The second kappa shape index (κ2) is 6.99. The molecule has 0 atom stereocenters. The molecule has 2 amide bonds. The fourth-order valence-corrected chi connectivity index (χ4v) is 2.22. The van der Waals surface area contributed by atoms with Gasteiger partial charge in [0.25, 0.3) is 0 Å². The highest BCUT2D eigenvalue weighted by Crippen LogP contribution is 2.12. The molecule has 0 aliphatic carbocycles. The second-order valence-electron chi connectivity index (χ2n) is 4.76. The van der Waals surface area contributed by atoms with Crippen molar-refractivity contribution < 1.29 is 9.59 Å². The van der Waals surface area contributed by atoms with Gasteiger partial charge in [-0.25, -0.2) is 0 Å². The minimum absolute atomic E-state index is 0.0306. The van der Waals surface area contributed by atoms with Crippen LogP contribution in [0.1, 0.15) is 33.1 Å². The molecule has 1 fully saturated rings. The van der Waals surface area contributed by atoms with E-state index in [0.29, 0.717) is 6.42 Å². The van der Waals surface area contributed by atoms with Crippen LogP contribution in [0.5, 0.6) is 0 Å². The van der Waals surface area contributed by atoms with Crippen LogP contribution in [0.3, 0.4) is 0 Å². The molecular formula is C12H21BrN2O2. The van der Waals surface area contributed by atoms with Crippen molar-refractivity contribution in [2.75, 3.05) is 18.4 Å². The Balaban J connectivity index is 2.31. The Morgan fingerprint density at radius 2 is 1.94 bits per heavy atom. The Labute approximate surface area is 111 Å². The van der Waals surface area contributed by atoms with Crippen molar-refractivity contribution in [3.63, 3.8) is 0 Å². The van der Waals surface area contributed by atoms with Gasteiger partial charge in [-0.05, 0) is 12.8 Å². The van der Waals surface area contributed by atoms with Crippen molar-refractivity contribution in [2.45, 2.75) is 39.2 Å². The zero-order valence-corrected chi connectivity index (χ0v) is 12.1. The lowest BCUT2D eigenvalue weighted by atomic mass is 10.0. The molecule has 0 radical (unpaired) electrons. The summed E-state index contributed by atoms with van der Waals surface area (Å²) in [7, 11) is 0. The molecule has 1 aliphatic rings. The van der Waals surface area contributed by atoms with Crippen molar-refractivity contribution >= 4 is 27.7 Å². The third-order valence-corrected chi connectivity index (χ3v) is 3.42. The van der Waals surface area contributed by atoms with Crippen LogP contribution in [-0.2, 0) is 9.59 Å². The Morgan fingerprint density at radius 3 is 2.41 bits per heavy atom. The summed E-state index contributed by atoms with van der Waals surface area (Å²) in [6, 6.07) is 0.234. The number of likely N-dealkylation sites (tertiary alicyclic amines) is 1. The zero-order chi connectivity index (χ0) is 12.8. The van der Waals surface area contributed by atoms with Gasteiger partial charge in [-0.15, -0.1) is 0 Å². The van der Waals surface area contributed by atoms with Gasteiger partial charge in [0.05, 0.1) is 0 Å². The monoisotopic (exact) mass is 304 g/mol. The van der Waals surface area contributed by atoms with Crippen molar-refractivity contribution in [1.29, 1.82) is 0 Å². The average Bonchev–Trinajstić information content (AvgIpc) is 2.30. The minimum Gasteiger partial charge on any atom is -0.353 e. The summed E-state index contributed by atoms with van der Waals surface area (Å²) in [5.74, 6) is 0.341. The van der Waals surface area contributed by atoms with Gasteiger partial charge in [0.2, 0.25) is 11.8 Å². The van der Waals surface area contributed by atoms with Gasteiger partial charge in [-0.3, -0.25) is 9.59 Å². The number of hydrogen-bond donors (Lipinski definition) is 1. The lowest BCUT2D eigenvalue weighted by molar-refractivity contribution is -0.132. The summed E-state index contributed by atoms with van der Waals surface area (Å²) in [6.45, 7) is 5.30. The van der Waals surface area contributed by atoms with Crippen LogP contribution in [0, 0.1) is 5.92 Å². The van der Waals surface area contributed by atoms with E-state index in [1.54, 1.807) is 0 Å². The van der Waals surface area contributed by atoms with Gasteiger partial charge in [-0.2, -0.15) is 0 Å². The maximum absolute atomic E-state index is 11.6. The Hall–Kier alpha value is -0.580. The van der Waals surface area contributed by atoms with E-state index in [0.717, 1.165) is 31.3 Å². The van der Waals surface area contributed by atoms with E-state index in [4.69, 9.17) is 0 Å². The Kier molecular flexibility index (Phi) is 5.95. The van der Waals surface area contributed by atoms with E-state index >= 15 is 0 Å². The summed E-state index contributed by atoms with van der Waals surface area (Å²) in [5, 5.41) is 3.74. The third kappa shape index (κ3) is 4.66. The highest BCUT2D eigenvalue weighted by molar-refractivity contribution is 9.09. The molecule has 0 aromatic rings. The van der Waals surface area contributed by atoms with Crippen LogP contribution in [-0.4, -0.2) is 41.2 Å². The predicted octanol–water partition coefficient (Wildman–Crippen LogP) is 1.53. The van der Waals surface area contributed by atoms with Crippen LogP contribution >= 0.6 is 15.9 Å². The number of piperidine rings is 1. The molecule has 1 aliphatic heterocycles. The van der Waals surface area contributed by atoms with Crippen LogP contribution in [0.2, 0.25) is 0 Å². The highest BCUT2D eigenvalue weighted by Gasteiger charge is 2.23. The van der Waals surface area contributed by atoms with E-state index in [1.165, 1.54) is 0 Å². The minimum atomic E-state index is 0.0306. The predicted molar refractivity (Wildman–Crippen MR) is 71.0 cm³/mol. The lowest BCUT2D eigenvalue weighted by Gasteiger charge is -2.32. The van der Waals surface area contributed by atoms with Crippen molar-refractivity contribution in [3.05, 3.63) is 0 Å². The molecule has 1 heterocycles. The Morgan fingerprint density at radius 1 is 1.35 bits per heavy atom. The maximum Gasteiger partial charge on any atom is 0.223 e. The summed E-state index contributed by atoms with van der Waals surface area (Å²) in [5.41, 5.74) is 0. The van der Waals surface area contributed by atoms with Gasteiger partial charge < -0.3 is 10.2 Å². The number of nitrogens with one attached hydrogen (secondary N) is 1. The quantitative estimate of drug-likeness (QED) is 0.801. The normalized spacial score (nSPS) is 17.3. The number of amides is 2. The molecule has 1 N–H and O–H groups in total. The topological polar surface area (TPSA) is 49.4 Å². The first kappa shape index (κ1) is 14.5. The smallest absolute Gasteiger partial charge is 0.223 e. The molecule has 0 aromatic heterocycles. The molecule has 17 heavy (non-hydrogen) atoms. The third-order valence-electron chi connectivity index (χ3n) is 3.03. The van der Waals surface area contributed by atoms with Crippen LogP contribution < -0.4 is 5.32 Å². The van der Waals surface area contributed by atoms with Gasteiger partial charge in [0.1, 0.15) is 0 Å². The number of nitrogens with zero attached hydrogens (tertiary/aromatic N) is 1. The van der Waals surface area contributed by atoms with E-state index in [-0.39, 0.29) is 23.8 Å². The van der Waals surface area contributed by atoms with E-state index < -0.39 is 0 Å². The van der Waals surface area contributed by atoms with Gasteiger partial charge in [0, 0.05) is 36.8 Å². The van der Waals surface area contributed by atoms with E-state index in [9.17, 15) is 9.59 Å². The molecular weight excluding hydrogens is 284 g/mol. The van der Waals surface area contributed by atoms with Crippen LogP contribution in [0.25, 0.3) is 0 Å². The fourth-order valence-electron chi connectivity index (χ4n) is 1.88. The molecule has 0 unspecified atom stereocenters. The highest BCUT2D eigenvalue weighted by atomic mass is 79.9. The SMILES string of the molecule is CC(C)C(=O)NC1CCN(C(=O)CCBr)CC1. The molecule has 4 nitrogen and oxygen atoms in total. The molecule has 0 aromatic carbocycles. The second-order valence-corrected chi connectivity index (χ2v) is 5.55. The first-order chi connectivity index (χ1) is 8.04. The van der Waals surface area contributed by atoms with Crippen LogP contribution in [0.4, 0.5) is 0 Å². The molecule has 98 valence electrons. The number of halogens is 1. The Bertz CT molecular complexity index is 274. The molecule has 1 saturated heterocycles. The largest absolute Gasteiger partial charge is 0.353 e. The number of carbonyl (C=O) groups is 2. The first-order valence-electron chi connectivity index (χ1n) is 6.18. The summed E-state index contributed by atoms with van der Waals surface area (Å²) < 4.78 is 0. The average molecular weight is 305 g/mol. The number of alkyl halides is 1. The fraction of sp³-hybridized carbons (Fsp3) is 0.833. The summed E-state index contributed by atoms with van der Waals surface area (Å²) in [4.78, 5) is 25.1. The zero-order valence-electron chi connectivity index (χ0n) is 10.5. The molecule has 0 spiro atoms. The number of rotatable bonds is 4. The summed E-state index contributed by atoms with van der Waals surface area (Å²) >= 11 is 3.27. The van der Waals surface area contributed by atoms with Crippen molar-refractivity contribution in [1.82, 2.24) is 10.2 Å². The molecule has 0 bridgehead atoms. The standard InChI is InChI=1S/C12H21BrN2O2/c1-9(2)12(17)14-10-4-7-15(8-5-10)11(16)3-6-13/h9-10H,3-8H2,1-2H3,(H,14,17). The first-order valence-corrected chi connectivity index (χ1v) is 7.31. The van der Waals surface area contributed by atoms with Crippen molar-refractivity contribution in [3.8, 4) is 0 Å². The van der Waals surface area contributed by atoms with Crippen LogP contribution in [0.15, 0.2) is 0 Å².